The molecule has 0 saturated heterocycles. The third-order valence-electron chi connectivity index (χ3n) is 5.32. The van der Waals surface area contributed by atoms with Gasteiger partial charge in [-0.2, -0.15) is 0 Å². The molecule has 0 aliphatic heterocycles. The highest BCUT2D eigenvalue weighted by molar-refractivity contribution is 6.35. The second kappa shape index (κ2) is 10.6. The zero-order valence-electron chi connectivity index (χ0n) is 20.6. The normalized spacial score (nSPS) is 12.4. The Morgan fingerprint density at radius 2 is 1.88 bits per heavy atom. The first kappa shape index (κ1) is 25.1. The van der Waals surface area contributed by atoms with Gasteiger partial charge in [0.1, 0.15) is 17.0 Å². The number of benzene rings is 1. The third kappa shape index (κ3) is 6.31. The van der Waals surface area contributed by atoms with Gasteiger partial charge in [-0.15, -0.1) is 0 Å². The lowest BCUT2D eigenvalue weighted by Gasteiger charge is -2.21. The summed E-state index contributed by atoms with van der Waals surface area (Å²) in [6, 6.07) is 13.1. The van der Waals surface area contributed by atoms with E-state index >= 15 is 0 Å². The van der Waals surface area contributed by atoms with Crippen LogP contribution < -0.4 is 10.9 Å². The van der Waals surface area contributed by atoms with Crippen molar-refractivity contribution >= 4 is 23.0 Å². The van der Waals surface area contributed by atoms with Crippen molar-refractivity contribution in [1.29, 1.82) is 5.41 Å². The number of nitrogens with zero attached hydrogens (tertiary/aromatic N) is 2. The van der Waals surface area contributed by atoms with Crippen molar-refractivity contribution in [3.8, 4) is 11.1 Å². The average molecular weight is 463 g/mol. The lowest BCUT2D eigenvalue weighted by molar-refractivity contribution is -0.146. The van der Waals surface area contributed by atoms with Gasteiger partial charge in [-0.3, -0.25) is 14.6 Å². The van der Waals surface area contributed by atoms with E-state index in [9.17, 15) is 9.59 Å². The van der Waals surface area contributed by atoms with E-state index in [0.717, 1.165) is 36.2 Å². The molecular formula is C27H34N4O3. The van der Waals surface area contributed by atoms with E-state index in [-0.39, 0.29) is 23.7 Å². The Kier molecular flexibility index (Phi) is 7.87. The molecule has 0 radical (unpaired) electrons. The Balaban J connectivity index is 1.79. The Morgan fingerprint density at radius 1 is 1.18 bits per heavy atom. The second-order valence-electron chi connectivity index (χ2n) is 9.58. The predicted molar refractivity (Wildman–Crippen MR) is 137 cm³/mol. The number of hydrogen-bond acceptors (Lipinski definition) is 6. The van der Waals surface area contributed by atoms with Crippen LogP contribution in [0.2, 0.25) is 0 Å². The number of ether oxygens (including phenoxy) is 1. The number of fused-ring (bicyclic) bond motifs is 1. The summed E-state index contributed by atoms with van der Waals surface area (Å²) < 4.78 is 6.85. The van der Waals surface area contributed by atoms with Crippen molar-refractivity contribution in [2.75, 3.05) is 5.32 Å². The first-order chi connectivity index (χ1) is 16.1. The van der Waals surface area contributed by atoms with E-state index in [1.165, 1.54) is 0 Å². The van der Waals surface area contributed by atoms with Crippen molar-refractivity contribution < 1.29 is 9.53 Å². The molecular weight excluding hydrogens is 428 g/mol. The molecule has 0 spiro atoms. The van der Waals surface area contributed by atoms with Gasteiger partial charge in [0.05, 0.1) is 11.3 Å². The molecule has 2 aromatic heterocycles. The molecule has 2 heterocycles. The summed E-state index contributed by atoms with van der Waals surface area (Å²) in [5.41, 5.74) is 3.00. The minimum atomic E-state index is -0.623. The molecule has 180 valence electrons. The molecule has 3 rings (SSSR count). The van der Waals surface area contributed by atoms with Crippen molar-refractivity contribution in [3.05, 3.63) is 64.7 Å². The SMILES string of the molecule is CCCCc1nc2ccccn2c(=O)c1-c1ccc(N[C@H](C)CC(=N)C(=O)OC(C)(C)C)cc1. The first-order valence-corrected chi connectivity index (χ1v) is 11.8. The van der Waals surface area contributed by atoms with Crippen LogP contribution in [-0.4, -0.2) is 32.7 Å². The molecule has 3 aromatic rings. The minimum absolute atomic E-state index is 0.0672. The van der Waals surface area contributed by atoms with E-state index in [1.54, 1.807) is 31.4 Å². The fraction of sp³-hybridized carbons (Fsp3) is 0.407. The summed E-state index contributed by atoms with van der Waals surface area (Å²) in [7, 11) is 0. The maximum absolute atomic E-state index is 13.3. The summed E-state index contributed by atoms with van der Waals surface area (Å²) >= 11 is 0. The van der Waals surface area contributed by atoms with Crippen LogP contribution in [0.4, 0.5) is 5.69 Å². The van der Waals surface area contributed by atoms with Gasteiger partial charge in [0.15, 0.2) is 0 Å². The number of unbranched alkanes of at least 4 members (excludes halogenated alkanes) is 1. The van der Waals surface area contributed by atoms with E-state index in [1.807, 2.05) is 49.4 Å². The molecule has 0 amide bonds. The van der Waals surface area contributed by atoms with Crippen molar-refractivity contribution in [2.45, 2.75) is 71.9 Å². The number of pyridine rings is 1. The number of hydrogen-bond donors (Lipinski definition) is 2. The molecule has 2 N–H and O–H groups in total. The van der Waals surface area contributed by atoms with Crippen molar-refractivity contribution in [2.24, 2.45) is 0 Å². The number of anilines is 1. The molecule has 7 heteroatoms. The maximum atomic E-state index is 13.3. The molecule has 0 unspecified atom stereocenters. The van der Waals surface area contributed by atoms with Crippen LogP contribution in [0.15, 0.2) is 53.5 Å². The van der Waals surface area contributed by atoms with Gasteiger partial charge in [0.2, 0.25) is 0 Å². The largest absolute Gasteiger partial charge is 0.456 e. The number of aromatic nitrogens is 2. The number of aryl methyl sites for hydroxylation is 1. The fourth-order valence-electron chi connectivity index (χ4n) is 3.75. The van der Waals surface area contributed by atoms with E-state index in [2.05, 4.69) is 12.2 Å². The summed E-state index contributed by atoms with van der Waals surface area (Å²) in [5, 5.41) is 11.3. The summed E-state index contributed by atoms with van der Waals surface area (Å²) in [6.07, 6.45) is 4.72. The van der Waals surface area contributed by atoms with Crippen LogP contribution in [0.1, 0.15) is 59.6 Å². The van der Waals surface area contributed by atoms with E-state index < -0.39 is 11.6 Å². The van der Waals surface area contributed by atoms with Gasteiger partial charge in [-0.1, -0.05) is 31.5 Å². The summed E-state index contributed by atoms with van der Waals surface area (Å²) in [4.78, 5) is 30.1. The monoisotopic (exact) mass is 462 g/mol. The van der Waals surface area contributed by atoms with Crippen LogP contribution >= 0.6 is 0 Å². The Bertz CT molecular complexity index is 1220. The van der Waals surface area contributed by atoms with Gasteiger partial charge < -0.3 is 10.1 Å². The van der Waals surface area contributed by atoms with Gasteiger partial charge >= 0.3 is 5.97 Å². The van der Waals surface area contributed by atoms with Gasteiger partial charge in [0.25, 0.3) is 5.56 Å². The number of esters is 1. The third-order valence-corrected chi connectivity index (χ3v) is 5.32. The number of nitrogens with one attached hydrogen (secondary N) is 2. The highest BCUT2D eigenvalue weighted by Gasteiger charge is 2.21. The molecule has 0 bridgehead atoms. The van der Waals surface area contributed by atoms with Gasteiger partial charge in [-0.25, -0.2) is 9.78 Å². The average Bonchev–Trinajstić information content (AvgIpc) is 2.77. The van der Waals surface area contributed by atoms with Crippen LogP contribution in [0.5, 0.6) is 0 Å². The highest BCUT2D eigenvalue weighted by atomic mass is 16.6. The lowest BCUT2D eigenvalue weighted by atomic mass is 10.0. The molecule has 1 atom stereocenters. The summed E-state index contributed by atoms with van der Waals surface area (Å²) in [5.74, 6) is -0.597. The molecule has 0 saturated carbocycles. The second-order valence-corrected chi connectivity index (χ2v) is 9.58. The lowest BCUT2D eigenvalue weighted by Crippen LogP contribution is -2.31. The van der Waals surface area contributed by atoms with Crippen LogP contribution in [-0.2, 0) is 16.0 Å². The molecule has 0 fully saturated rings. The molecule has 0 aliphatic carbocycles. The van der Waals surface area contributed by atoms with Crippen LogP contribution in [0, 0.1) is 5.41 Å². The quantitative estimate of drug-likeness (QED) is 0.334. The predicted octanol–water partition coefficient (Wildman–Crippen LogP) is 5.26. The first-order valence-electron chi connectivity index (χ1n) is 11.8. The van der Waals surface area contributed by atoms with Crippen LogP contribution in [0.3, 0.4) is 0 Å². The molecule has 34 heavy (non-hydrogen) atoms. The minimum Gasteiger partial charge on any atom is -0.456 e. The zero-order chi connectivity index (χ0) is 24.9. The Labute approximate surface area is 200 Å². The molecule has 0 aliphatic rings. The van der Waals surface area contributed by atoms with Crippen LogP contribution in [0.25, 0.3) is 16.8 Å². The molecule has 1 aromatic carbocycles. The number of carbonyl (C=O) groups excluding carboxylic acids is 1. The Morgan fingerprint density at radius 3 is 2.53 bits per heavy atom. The van der Waals surface area contributed by atoms with Gasteiger partial charge in [-0.05, 0) is 70.4 Å². The standard InChI is InChI=1S/C27H34N4O3/c1-6-7-10-22-24(25(32)31-16-9-8-11-23(31)30-22)19-12-14-20(15-13-19)29-18(2)17-21(28)26(33)34-27(3,4)5/h8-9,11-16,18,28-29H,6-7,10,17H2,1-5H3/t18-/m1/s1. The Hall–Kier alpha value is -3.48. The maximum Gasteiger partial charge on any atom is 0.352 e. The smallest absolute Gasteiger partial charge is 0.352 e. The zero-order valence-corrected chi connectivity index (χ0v) is 20.6. The highest BCUT2D eigenvalue weighted by Crippen LogP contribution is 2.24. The topological polar surface area (TPSA) is 96.5 Å². The fourth-order valence-corrected chi connectivity index (χ4v) is 3.75. The number of rotatable bonds is 9. The molecule has 7 nitrogen and oxygen atoms in total. The summed E-state index contributed by atoms with van der Waals surface area (Å²) in [6.45, 7) is 9.39. The van der Waals surface area contributed by atoms with E-state index in [0.29, 0.717) is 11.2 Å². The van der Waals surface area contributed by atoms with Crippen molar-refractivity contribution in [1.82, 2.24) is 9.38 Å². The number of carbonyl (C=O) groups is 1. The van der Waals surface area contributed by atoms with Gasteiger partial charge in [0, 0.05) is 24.3 Å². The van der Waals surface area contributed by atoms with Crippen molar-refractivity contribution in [3.63, 3.8) is 0 Å². The van der Waals surface area contributed by atoms with E-state index in [4.69, 9.17) is 15.1 Å².